The predicted octanol–water partition coefficient (Wildman–Crippen LogP) is 1.83. The van der Waals surface area contributed by atoms with Crippen LogP contribution in [0.5, 0.6) is 0 Å². The van der Waals surface area contributed by atoms with Crippen LogP contribution in [0.25, 0.3) is 0 Å². The molecule has 0 spiro atoms. The van der Waals surface area contributed by atoms with Gasteiger partial charge in [0.1, 0.15) is 5.69 Å². The predicted molar refractivity (Wildman–Crippen MR) is 70.9 cm³/mol. The van der Waals surface area contributed by atoms with Gasteiger partial charge in [-0.2, -0.15) is 0 Å². The summed E-state index contributed by atoms with van der Waals surface area (Å²) in [5.41, 5.74) is 6.59. The second kappa shape index (κ2) is 5.23. The Kier molecular flexibility index (Phi) is 3.89. The van der Waals surface area contributed by atoms with Crippen molar-refractivity contribution < 1.29 is 4.79 Å². The minimum absolute atomic E-state index is 0.0945. The number of halogens is 1. The maximum Gasteiger partial charge on any atom is 0.270 e. The number of carbonyl (C=O) groups is 1. The molecule has 1 fully saturated rings. The molecule has 0 unspecified atom stereocenters. The highest BCUT2D eigenvalue weighted by Crippen LogP contribution is 2.19. The van der Waals surface area contributed by atoms with E-state index in [9.17, 15) is 4.79 Å². The number of nitrogens with zero attached hydrogens (tertiary/aromatic N) is 2. The Labute approximate surface area is 110 Å². The van der Waals surface area contributed by atoms with Crippen LogP contribution >= 0.6 is 15.9 Å². The fourth-order valence-corrected chi connectivity index (χ4v) is 2.68. The van der Waals surface area contributed by atoms with Gasteiger partial charge >= 0.3 is 0 Å². The van der Waals surface area contributed by atoms with Crippen molar-refractivity contribution in [3.05, 3.63) is 22.4 Å². The molecular weight excluding hydrogens is 282 g/mol. The van der Waals surface area contributed by atoms with Gasteiger partial charge in [0, 0.05) is 36.3 Å². The lowest BCUT2D eigenvalue weighted by atomic mass is 10.3. The summed E-state index contributed by atoms with van der Waals surface area (Å²) >= 11 is 3.43. The Hall–Kier alpha value is -0.810. The molecule has 2 rings (SSSR count). The summed E-state index contributed by atoms with van der Waals surface area (Å²) in [5, 5.41) is 0. The minimum atomic E-state index is 0.0945. The van der Waals surface area contributed by atoms with E-state index in [1.807, 2.05) is 21.7 Å². The van der Waals surface area contributed by atoms with Crippen LogP contribution < -0.4 is 5.73 Å². The van der Waals surface area contributed by atoms with Crippen LogP contribution in [0.1, 0.15) is 30.3 Å². The van der Waals surface area contributed by atoms with E-state index in [0.717, 1.165) is 36.1 Å². The van der Waals surface area contributed by atoms with E-state index in [2.05, 4.69) is 22.9 Å². The second-order valence-corrected chi connectivity index (χ2v) is 5.45. The molecule has 0 saturated carbocycles. The van der Waals surface area contributed by atoms with Gasteiger partial charge in [-0.1, -0.05) is 6.92 Å². The van der Waals surface area contributed by atoms with Crippen molar-refractivity contribution in [1.29, 1.82) is 0 Å². The first-order chi connectivity index (χ1) is 8.11. The monoisotopic (exact) mass is 299 g/mol. The third kappa shape index (κ3) is 2.72. The zero-order valence-electron chi connectivity index (χ0n) is 10.0. The van der Waals surface area contributed by atoms with Crippen LogP contribution in [0.3, 0.4) is 0 Å². The van der Waals surface area contributed by atoms with Gasteiger partial charge in [-0.05, 0) is 34.8 Å². The lowest BCUT2D eigenvalue weighted by Gasteiger charge is -2.17. The van der Waals surface area contributed by atoms with Crippen LogP contribution in [-0.4, -0.2) is 34.5 Å². The van der Waals surface area contributed by atoms with Gasteiger partial charge in [-0.15, -0.1) is 0 Å². The topological polar surface area (TPSA) is 51.3 Å². The smallest absolute Gasteiger partial charge is 0.270 e. The molecule has 1 atom stereocenters. The summed E-state index contributed by atoms with van der Waals surface area (Å²) in [4.78, 5) is 14.2. The van der Waals surface area contributed by atoms with Gasteiger partial charge in [0.05, 0.1) is 0 Å². The maximum absolute atomic E-state index is 12.3. The van der Waals surface area contributed by atoms with E-state index in [1.165, 1.54) is 0 Å². The normalized spacial score (nSPS) is 19.9. The molecule has 94 valence electrons. The molecule has 2 N–H and O–H groups in total. The molecule has 4 nitrogen and oxygen atoms in total. The van der Waals surface area contributed by atoms with E-state index >= 15 is 0 Å². The fourth-order valence-electron chi connectivity index (χ4n) is 2.21. The van der Waals surface area contributed by atoms with Crippen molar-refractivity contribution in [1.82, 2.24) is 9.47 Å². The van der Waals surface area contributed by atoms with Crippen molar-refractivity contribution in [2.45, 2.75) is 32.4 Å². The summed E-state index contributed by atoms with van der Waals surface area (Å²) in [5.74, 6) is 0.0945. The lowest BCUT2D eigenvalue weighted by molar-refractivity contribution is 0.0780. The van der Waals surface area contributed by atoms with Crippen molar-refractivity contribution in [2.24, 2.45) is 5.73 Å². The standard InChI is InChI=1S/C12H18BrN3O/c1-2-4-15-7-9(13)6-11(15)12(17)16-5-3-10(14)8-16/h6-7,10H,2-5,8,14H2,1H3/t10-/m1/s1. The molecule has 1 aromatic rings. The zero-order valence-corrected chi connectivity index (χ0v) is 11.6. The largest absolute Gasteiger partial charge is 0.342 e. The molecule has 1 aromatic heterocycles. The summed E-state index contributed by atoms with van der Waals surface area (Å²) in [6, 6.07) is 2.03. The van der Waals surface area contributed by atoms with E-state index in [-0.39, 0.29) is 11.9 Å². The van der Waals surface area contributed by atoms with Crippen molar-refractivity contribution in [3.8, 4) is 0 Å². The first-order valence-electron chi connectivity index (χ1n) is 6.02. The number of rotatable bonds is 3. The second-order valence-electron chi connectivity index (χ2n) is 4.54. The number of likely N-dealkylation sites (tertiary alicyclic amines) is 1. The molecule has 1 saturated heterocycles. The van der Waals surface area contributed by atoms with Gasteiger partial charge in [-0.25, -0.2) is 0 Å². The lowest BCUT2D eigenvalue weighted by Crippen LogP contribution is -2.33. The van der Waals surface area contributed by atoms with Gasteiger partial charge in [-0.3, -0.25) is 4.79 Å². The quantitative estimate of drug-likeness (QED) is 0.926. The molecule has 0 aromatic carbocycles. The summed E-state index contributed by atoms with van der Waals surface area (Å²) in [7, 11) is 0. The zero-order chi connectivity index (χ0) is 12.4. The SMILES string of the molecule is CCCn1cc(Br)cc1C(=O)N1CC[C@@H](N)C1. The molecule has 17 heavy (non-hydrogen) atoms. The third-order valence-electron chi connectivity index (χ3n) is 3.06. The first-order valence-corrected chi connectivity index (χ1v) is 6.81. The summed E-state index contributed by atoms with van der Waals surface area (Å²) in [6.45, 7) is 4.42. The van der Waals surface area contributed by atoms with Crippen molar-refractivity contribution >= 4 is 21.8 Å². The maximum atomic E-state index is 12.3. The van der Waals surface area contributed by atoms with Crippen LogP contribution in [0.2, 0.25) is 0 Å². The molecule has 1 aliphatic rings. The first kappa shape index (κ1) is 12.6. The van der Waals surface area contributed by atoms with E-state index in [4.69, 9.17) is 5.73 Å². The van der Waals surface area contributed by atoms with E-state index < -0.39 is 0 Å². The number of aromatic nitrogens is 1. The molecule has 0 bridgehead atoms. The van der Waals surface area contributed by atoms with Gasteiger partial charge in [0.2, 0.25) is 0 Å². The van der Waals surface area contributed by atoms with Crippen LogP contribution in [0, 0.1) is 0 Å². The Balaban J connectivity index is 2.18. The van der Waals surface area contributed by atoms with E-state index in [0.29, 0.717) is 6.54 Å². The number of hydrogen-bond acceptors (Lipinski definition) is 2. The molecule has 0 radical (unpaired) electrons. The Bertz CT molecular complexity index is 416. The summed E-state index contributed by atoms with van der Waals surface area (Å²) in [6.07, 6.45) is 3.88. The Morgan fingerprint density at radius 1 is 1.65 bits per heavy atom. The molecule has 1 amide bonds. The van der Waals surface area contributed by atoms with E-state index in [1.54, 1.807) is 0 Å². The number of amides is 1. The number of aryl methyl sites for hydroxylation is 1. The molecular formula is C12H18BrN3O. The molecule has 2 heterocycles. The number of nitrogens with two attached hydrogens (primary N) is 1. The van der Waals surface area contributed by atoms with Crippen LogP contribution in [0.15, 0.2) is 16.7 Å². The fraction of sp³-hybridized carbons (Fsp3) is 0.583. The average Bonchev–Trinajstić information content (AvgIpc) is 2.85. The number of hydrogen-bond donors (Lipinski definition) is 1. The Morgan fingerprint density at radius 3 is 3.00 bits per heavy atom. The minimum Gasteiger partial charge on any atom is -0.342 e. The number of carbonyl (C=O) groups excluding carboxylic acids is 1. The third-order valence-corrected chi connectivity index (χ3v) is 3.49. The van der Waals surface area contributed by atoms with Crippen molar-refractivity contribution in [2.75, 3.05) is 13.1 Å². The van der Waals surface area contributed by atoms with Crippen molar-refractivity contribution in [3.63, 3.8) is 0 Å². The average molecular weight is 300 g/mol. The molecule has 1 aliphatic heterocycles. The Morgan fingerprint density at radius 2 is 2.41 bits per heavy atom. The molecule has 5 heteroatoms. The van der Waals surface area contributed by atoms with Crippen LogP contribution in [0.4, 0.5) is 0 Å². The highest BCUT2D eigenvalue weighted by Gasteiger charge is 2.26. The van der Waals surface area contributed by atoms with Crippen LogP contribution in [-0.2, 0) is 6.54 Å². The van der Waals surface area contributed by atoms with Gasteiger partial charge in [0.15, 0.2) is 0 Å². The highest BCUT2D eigenvalue weighted by atomic mass is 79.9. The van der Waals surface area contributed by atoms with Gasteiger partial charge in [0.25, 0.3) is 5.91 Å². The van der Waals surface area contributed by atoms with Gasteiger partial charge < -0.3 is 15.2 Å². The summed E-state index contributed by atoms with van der Waals surface area (Å²) < 4.78 is 2.97. The molecule has 0 aliphatic carbocycles. The highest BCUT2D eigenvalue weighted by molar-refractivity contribution is 9.10.